The predicted molar refractivity (Wildman–Crippen MR) is 117 cm³/mol. The molecule has 0 amide bonds. The topological polar surface area (TPSA) is 112 Å². The monoisotopic (exact) mass is 418 g/mol. The van der Waals surface area contributed by atoms with Crippen molar-refractivity contribution in [3.63, 3.8) is 0 Å². The molecule has 0 saturated carbocycles. The predicted octanol–water partition coefficient (Wildman–Crippen LogP) is 2.02. The van der Waals surface area contributed by atoms with E-state index in [1.165, 1.54) is 4.57 Å². The molecule has 0 saturated heterocycles. The molecule has 1 aliphatic rings. The molecule has 1 unspecified atom stereocenters. The number of aromatic hydroxyl groups is 1. The van der Waals surface area contributed by atoms with Crippen molar-refractivity contribution >= 4 is 10.9 Å². The van der Waals surface area contributed by atoms with E-state index in [0.29, 0.717) is 6.54 Å². The van der Waals surface area contributed by atoms with Crippen molar-refractivity contribution in [1.82, 2.24) is 19.9 Å². The highest BCUT2D eigenvalue weighted by Crippen LogP contribution is 2.36. The Balaban J connectivity index is 1.66. The zero-order chi connectivity index (χ0) is 21.5. The second-order valence-corrected chi connectivity index (χ2v) is 7.63. The third-order valence-electron chi connectivity index (χ3n) is 5.84. The molecule has 0 spiro atoms. The Labute approximate surface area is 177 Å². The fourth-order valence-electron chi connectivity index (χ4n) is 4.33. The highest BCUT2D eigenvalue weighted by atomic mass is 16.5. The molecule has 0 fully saturated rings. The lowest BCUT2D eigenvalue weighted by molar-refractivity contribution is 0.390. The highest BCUT2D eigenvalue weighted by Gasteiger charge is 2.31. The Hall–Kier alpha value is -3.78. The van der Waals surface area contributed by atoms with Gasteiger partial charge < -0.3 is 20.1 Å². The summed E-state index contributed by atoms with van der Waals surface area (Å²) in [6.45, 7) is 0.775. The van der Waals surface area contributed by atoms with Crippen molar-refractivity contribution in [3.8, 4) is 11.6 Å². The minimum absolute atomic E-state index is 0.120. The Morgan fingerprint density at radius 2 is 1.94 bits per heavy atom. The first-order chi connectivity index (χ1) is 15.1. The summed E-state index contributed by atoms with van der Waals surface area (Å²) in [6.07, 6.45) is 0.765. The van der Waals surface area contributed by atoms with Crippen LogP contribution in [0.1, 0.15) is 28.4 Å². The number of rotatable bonds is 4. The summed E-state index contributed by atoms with van der Waals surface area (Å²) in [5.74, 6) is 0.417. The van der Waals surface area contributed by atoms with Crippen molar-refractivity contribution < 1.29 is 9.84 Å². The van der Waals surface area contributed by atoms with Crippen molar-refractivity contribution in [1.29, 1.82) is 0 Å². The fraction of sp³-hybridized carbons (Fsp3) is 0.217. The Morgan fingerprint density at radius 3 is 2.71 bits per heavy atom. The van der Waals surface area contributed by atoms with Crippen LogP contribution in [0.15, 0.2) is 58.1 Å². The van der Waals surface area contributed by atoms with E-state index in [1.807, 2.05) is 48.5 Å². The van der Waals surface area contributed by atoms with Gasteiger partial charge in [-0.25, -0.2) is 4.79 Å². The van der Waals surface area contributed by atoms with E-state index >= 15 is 0 Å². The van der Waals surface area contributed by atoms with Gasteiger partial charge in [0.05, 0.1) is 19.7 Å². The molecule has 1 aliphatic heterocycles. The lowest BCUT2D eigenvalue weighted by Gasteiger charge is -2.25. The van der Waals surface area contributed by atoms with Crippen molar-refractivity contribution in [2.75, 3.05) is 13.7 Å². The van der Waals surface area contributed by atoms with Crippen LogP contribution >= 0.6 is 0 Å². The van der Waals surface area contributed by atoms with Gasteiger partial charge in [0.1, 0.15) is 11.3 Å². The van der Waals surface area contributed by atoms with Crippen LogP contribution in [-0.4, -0.2) is 33.3 Å². The SMILES string of the molecule is COc1ccc2[nH]c3c(c2c1)CCNC3c1c(O)n(Cc2ccccc2)c(=O)[nH]c1=O. The summed E-state index contributed by atoms with van der Waals surface area (Å²) < 4.78 is 6.54. The van der Waals surface area contributed by atoms with Gasteiger partial charge in [-0.1, -0.05) is 30.3 Å². The van der Waals surface area contributed by atoms with Crippen LogP contribution in [-0.2, 0) is 13.0 Å². The molecule has 31 heavy (non-hydrogen) atoms. The molecule has 8 nitrogen and oxygen atoms in total. The maximum Gasteiger partial charge on any atom is 0.331 e. The Morgan fingerprint density at radius 1 is 1.13 bits per heavy atom. The highest BCUT2D eigenvalue weighted by molar-refractivity contribution is 5.86. The van der Waals surface area contributed by atoms with Gasteiger partial charge in [0.25, 0.3) is 5.56 Å². The number of nitrogens with zero attached hydrogens (tertiary/aromatic N) is 1. The maximum atomic E-state index is 12.8. The maximum absolute atomic E-state index is 12.8. The summed E-state index contributed by atoms with van der Waals surface area (Å²) in [7, 11) is 1.62. The molecule has 1 atom stereocenters. The molecule has 0 bridgehead atoms. The average Bonchev–Trinajstić information content (AvgIpc) is 3.16. The van der Waals surface area contributed by atoms with Crippen molar-refractivity contribution in [2.45, 2.75) is 19.0 Å². The summed E-state index contributed by atoms with van der Waals surface area (Å²) >= 11 is 0. The molecule has 0 radical (unpaired) electrons. The molecule has 158 valence electrons. The normalized spacial score (nSPS) is 15.7. The fourth-order valence-corrected chi connectivity index (χ4v) is 4.33. The minimum Gasteiger partial charge on any atom is -0.497 e. The second-order valence-electron chi connectivity index (χ2n) is 7.63. The Kier molecular flexibility index (Phi) is 4.63. The molecule has 8 heteroatoms. The van der Waals surface area contributed by atoms with Crippen LogP contribution < -0.4 is 21.3 Å². The number of H-pyrrole nitrogens is 2. The molecule has 2 aromatic carbocycles. The molecule has 0 aliphatic carbocycles. The van der Waals surface area contributed by atoms with Crippen molar-refractivity contribution in [3.05, 3.63) is 91.8 Å². The van der Waals surface area contributed by atoms with Gasteiger partial charge in [0, 0.05) is 23.1 Å². The summed E-state index contributed by atoms with van der Waals surface area (Å²) in [6, 6.07) is 14.5. The number of benzene rings is 2. The van der Waals surface area contributed by atoms with Crippen LogP contribution in [0.25, 0.3) is 10.9 Å². The number of hydrogen-bond acceptors (Lipinski definition) is 5. The third-order valence-corrected chi connectivity index (χ3v) is 5.84. The summed E-state index contributed by atoms with van der Waals surface area (Å²) in [5, 5.41) is 15.4. The zero-order valence-corrected chi connectivity index (χ0v) is 16.9. The number of methoxy groups -OCH3 is 1. The smallest absolute Gasteiger partial charge is 0.331 e. The second kappa shape index (κ2) is 7.48. The molecular weight excluding hydrogens is 396 g/mol. The minimum atomic E-state index is -0.646. The van der Waals surface area contributed by atoms with E-state index in [0.717, 1.165) is 39.9 Å². The first-order valence-electron chi connectivity index (χ1n) is 10.1. The molecular formula is C23H22N4O4. The zero-order valence-electron chi connectivity index (χ0n) is 16.9. The van der Waals surface area contributed by atoms with Crippen molar-refractivity contribution in [2.24, 2.45) is 0 Å². The van der Waals surface area contributed by atoms with E-state index in [2.05, 4.69) is 15.3 Å². The number of fused-ring (bicyclic) bond motifs is 3. The number of nitrogens with one attached hydrogen (secondary N) is 3. The standard InChI is InChI=1S/C23H22N4O4/c1-31-14-7-8-17-16(11-14)15-9-10-24-20(19(15)25-17)18-21(28)26-23(30)27(22(18)29)12-13-5-3-2-4-6-13/h2-8,11,20,24-25,29H,9-10,12H2,1H3,(H,26,28,30). The lowest BCUT2D eigenvalue weighted by atomic mass is 9.95. The van der Waals surface area contributed by atoms with E-state index in [1.54, 1.807) is 7.11 Å². The first kappa shape index (κ1) is 19.2. The van der Waals surface area contributed by atoms with Gasteiger partial charge in [-0.15, -0.1) is 0 Å². The number of hydrogen-bond donors (Lipinski definition) is 4. The molecule has 2 aromatic heterocycles. The molecule has 4 N–H and O–H groups in total. The van der Waals surface area contributed by atoms with E-state index in [9.17, 15) is 14.7 Å². The van der Waals surface area contributed by atoms with Crippen LogP contribution in [0.2, 0.25) is 0 Å². The van der Waals surface area contributed by atoms with Gasteiger partial charge in [-0.05, 0) is 35.7 Å². The molecule has 5 rings (SSSR count). The van der Waals surface area contributed by atoms with E-state index < -0.39 is 17.3 Å². The van der Waals surface area contributed by atoms with Gasteiger partial charge in [0.2, 0.25) is 5.88 Å². The van der Waals surface area contributed by atoms with E-state index in [4.69, 9.17) is 4.74 Å². The van der Waals surface area contributed by atoms with Gasteiger partial charge >= 0.3 is 5.69 Å². The molecule has 3 heterocycles. The third kappa shape index (κ3) is 3.21. The van der Waals surface area contributed by atoms with Gasteiger partial charge in [0.15, 0.2) is 0 Å². The van der Waals surface area contributed by atoms with Gasteiger partial charge in [-0.2, -0.15) is 0 Å². The van der Waals surface area contributed by atoms with Gasteiger partial charge in [-0.3, -0.25) is 14.3 Å². The lowest BCUT2D eigenvalue weighted by Crippen LogP contribution is -2.39. The number of aromatic amines is 2. The Bertz CT molecular complexity index is 1380. The largest absolute Gasteiger partial charge is 0.497 e. The number of aromatic nitrogens is 3. The first-order valence-corrected chi connectivity index (χ1v) is 10.1. The quantitative estimate of drug-likeness (QED) is 0.405. The average molecular weight is 418 g/mol. The number of ether oxygens (including phenoxy) is 1. The summed E-state index contributed by atoms with van der Waals surface area (Å²) in [5.41, 5.74) is 2.51. The van der Waals surface area contributed by atoms with Crippen LogP contribution in [0.5, 0.6) is 11.6 Å². The molecule has 4 aromatic rings. The summed E-state index contributed by atoms with van der Waals surface area (Å²) in [4.78, 5) is 31.0. The van der Waals surface area contributed by atoms with Crippen LogP contribution in [0, 0.1) is 0 Å². The van der Waals surface area contributed by atoms with Crippen LogP contribution in [0.3, 0.4) is 0 Å². The van der Waals surface area contributed by atoms with Crippen LogP contribution in [0.4, 0.5) is 0 Å². The van der Waals surface area contributed by atoms with E-state index in [-0.39, 0.29) is 18.0 Å².